The number of piperidine rings is 1. The van der Waals surface area contributed by atoms with E-state index < -0.39 is 0 Å². The number of carbonyl (C=O) groups excluding carboxylic acids is 1. The van der Waals surface area contributed by atoms with E-state index in [1.54, 1.807) is 36.2 Å². The highest BCUT2D eigenvalue weighted by atomic mass is 35.5. The van der Waals surface area contributed by atoms with Crippen molar-refractivity contribution in [2.75, 3.05) is 19.3 Å². The summed E-state index contributed by atoms with van der Waals surface area (Å²) in [4.78, 5) is 28.4. The number of rotatable bonds is 6. The number of amides is 1. The van der Waals surface area contributed by atoms with Crippen LogP contribution in [0.25, 0.3) is 0 Å². The van der Waals surface area contributed by atoms with Crippen molar-refractivity contribution < 1.29 is 9.53 Å². The highest BCUT2D eigenvalue weighted by molar-refractivity contribution is 7.98. The average molecular weight is 494 g/mol. The second kappa shape index (κ2) is 10.8. The number of halogens is 1. The molecule has 1 fully saturated rings. The van der Waals surface area contributed by atoms with Crippen LogP contribution in [0.15, 0.2) is 70.5 Å². The van der Waals surface area contributed by atoms with Gasteiger partial charge in [0.1, 0.15) is 11.9 Å². The lowest BCUT2D eigenvalue weighted by Gasteiger charge is -2.32. The predicted molar refractivity (Wildman–Crippen MR) is 134 cm³/mol. The van der Waals surface area contributed by atoms with Crippen LogP contribution >= 0.6 is 23.4 Å². The van der Waals surface area contributed by atoms with Gasteiger partial charge < -0.3 is 14.2 Å². The number of carbonyl (C=O) groups is 1. The molecule has 174 valence electrons. The molecule has 0 atom stereocenters. The largest absolute Gasteiger partial charge is 0.488 e. The summed E-state index contributed by atoms with van der Waals surface area (Å²) < 4.78 is 7.54. The summed E-state index contributed by atoms with van der Waals surface area (Å²) in [5.41, 5.74) is 1.83. The van der Waals surface area contributed by atoms with Crippen molar-refractivity contribution in [1.29, 1.82) is 5.26 Å². The van der Waals surface area contributed by atoms with Crippen LogP contribution < -0.4 is 10.3 Å². The van der Waals surface area contributed by atoms with Gasteiger partial charge in [0.15, 0.2) is 0 Å². The summed E-state index contributed by atoms with van der Waals surface area (Å²) in [5, 5.41) is 9.41. The second-order valence-electron chi connectivity index (χ2n) is 8.10. The molecule has 2 aromatic carbocycles. The van der Waals surface area contributed by atoms with Crippen molar-refractivity contribution in [3.8, 4) is 11.8 Å². The quantitative estimate of drug-likeness (QED) is 0.460. The Labute approximate surface area is 207 Å². The van der Waals surface area contributed by atoms with E-state index in [9.17, 15) is 9.59 Å². The van der Waals surface area contributed by atoms with Crippen molar-refractivity contribution in [3.63, 3.8) is 0 Å². The van der Waals surface area contributed by atoms with Crippen LogP contribution in [0.2, 0.25) is 5.02 Å². The summed E-state index contributed by atoms with van der Waals surface area (Å²) in [7, 11) is 0. The Kier molecular flexibility index (Phi) is 7.61. The molecule has 8 heteroatoms. The third kappa shape index (κ3) is 5.64. The maximum absolute atomic E-state index is 12.8. The highest BCUT2D eigenvalue weighted by Gasteiger charge is 2.25. The Morgan fingerprint density at radius 3 is 2.59 bits per heavy atom. The van der Waals surface area contributed by atoms with Gasteiger partial charge in [0.05, 0.1) is 23.2 Å². The number of aromatic nitrogens is 1. The fraction of sp³-hybridized carbons (Fsp3) is 0.269. The third-order valence-electron chi connectivity index (χ3n) is 5.81. The van der Waals surface area contributed by atoms with E-state index in [0.717, 1.165) is 10.5 Å². The van der Waals surface area contributed by atoms with Crippen molar-refractivity contribution >= 4 is 29.3 Å². The van der Waals surface area contributed by atoms with Crippen LogP contribution in [0, 0.1) is 11.3 Å². The SMILES string of the molecule is CSc1ccc(C(=O)N2CCC(Oc3cc(=O)n(Cc4cccc(C#N)c4)cc3Cl)CC2)cc1. The van der Waals surface area contributed by atoms with Crippen molar-refractivity contribution in [2.45, 2.75) is 30.4 Å². The van der Waals surface area contributed by atoms with E-state index in [0.29, 0.717) is 54.4 Å². The lowest BCUT2D eigenvalue weighted by Crippen LogP contribution is -2.41. The van der Waals surface area contributed by atoms with E-state index in [-0.39, 0.29) is 17.6 Å². The monoisotopic (exact) mass is 493 g/mol. The number of likely N-dealkylation sites (tertiary alicyclic amines) is 1. The molecule has 0 N–H and O–H groups in total. The molecular weight excluding hydrogens is 470 g/mol. The Hall–Kier alpha value is -3.21. The predicted octanol–water partition coefficient (Wildman–Crippen LogP) is 4.83. The van der Waals surface area contributed by atoms with Gasteiger partial charge in [-0.05, 0) is 48.2 Å². The fourth-order valence-electron chi connectivity index (χ4n) is 3.95. The van der Waals surface area contributed by atoms with E-state index in [1.165, 1.54) is 10.6 Å². The lowest BCUT2D eigenvalue weighted by molar-refractivity contribution is 0.0595. The molecular formula is C26H24ClN3O3S. The molecule has 1 aliphatic rings. The maximum Gasteiger partial charge on any atom is 0.254 e. The second-order valence-corrected chi connectivity index (χ2v) is 9.39. The topological polar surface area (TPSA) is 75.3 Å². The molecule has 6 nitrogen and oxygen atoms in total. The van der Waals surface area contributed by atoms with Crippen molar-refractivity contribution in [3.05, 3.63) is 92.9 Å². The van der Waals surface area contributed by atoms with Gasteiger partial charge in [0.25, 0.3) is 11.5 Å². The first-order valence-electron chi connectivity index (χ1n) is 11.0. The normalized spacial score (nSPS) is 14.0. The number of hydrogen-bond donors (Lipinski definition) is 0. The Morgan fingerprint density at radius 2 is 1.91 bits per heavy atom. The number of nitriles is 1. The summed E-state index contributed by atoms with van der Waals surface area (Å²) in [5.74, 6) is 0.373. The minimum Gasteiger partial charge on any atom is -0.488 e. The van der Waals surface area contributed by atoms with Gasteiger partial charge in [-0.1, -0.05) is 23.7 Å². The Balaban J connectivity index is 1.37. The maximum atomic E-state index is 12.8. The molecule has 0 bridgehead atoms. The smallest absolute Gasteiger partial charge is 0.254 e. The Bertz CT molecular complexity index is 1280. The molecule has 0 unspecified atom stereocenters. The van der Waals surface area contributed by atoms with Crippen LogP contribution in [-0.4, -0.2) is 40.8 Å². The van der Waals surface area contributed by atoms with Gasteiger partial charge in [0, 0.05) is 48.7 Å². The lowest BCUT2D eigenvalue weighted by atomic mass is 10.1. The molecule has 1 aromatic heterocycles. The Morgan fingerprint density at radius 1 is 1.18 bits per heavy atom. The standard InChI is InChI=1S/C26H24ClN3O3S/c1-34-22-7-5-20(6-8-22)26(32)29-11-9-21(10-12-29)33-24-14-25(31)30(17-23(24)27)16-19-4-2-3-18(13-19)15-28/h2-8,13-14,17,21H,9-12,16H2,1H3. The summed E-state index contributed by atoms with van der Waals surface area (Å²) in [6, 6.07) is 18.3. The average Bonchev–Trinajstić information content (AvgIpc) is 2.87. The molecule has 0 aliphatic carbocycles. The van der Waals surface area contributed by atoms with Crippen molar-refractivity contribution in [2.24, 2.45) is 0 Å². The first-order valence-corrected chi connectivity index (χ1v) is 12.6. The number of pyridine rings is 1. The molecule has 34 heavy (non-hydrogen) atoms. The number of thioether (sulfide) groups is 1. The molecule has 0 radical (unpaired) electrons. The van der Waals surface area contributed by atoms with Gasteiger partial charge in [-0.25, -0.2) is 0 Å². The van der Waals surface area contributed by atoms with Crippen LogP contribution in [0.4, 0.5) is 0 Å². The van der Waals surface area contributed by atoms with E-state index in [1.807, 2.05) is 41.5 Å². The number of ether oxygens (including phenoxy) is 1. The molecule has 0 saturated carbocycles. The molecule has 1 amide bonds. The van der Waals surface area contributed by atoms with Gasteiger partial charge in [-0.3, -0.25) is 9.59 Å². The molecule has 0 spiro atoms. The number of nitrogens with zero attached hydrogens (tertiary/aromatic N) is 3. The van der Waals surface area contributed by atoms with Crippen molar-refractivity contribution in [1.82, 2.24) is 9.47 Å². The zero-order valence-corrected chi connectivity index (χ0v) is 20.3. The minimum absolute atomic E-state index is 0.0206. The van der Waals surface area contributed by atoms with Gasteiger partial charge >= 0.3 is 0 Å². The molecule has 1 aliphatic heterocycles. The zero-order chi connectivity index (χ0) is 24.1. The minimum atomic E-state index is -0.233. The van der Waals surface area contributed by atoms with Crippen LogP contribution in [0.1, 0.15) is 34.3 Å². The van der Waals surface area contributed by atoms with Crippen LogP contribution in [0.5, 0.6) is 5.75 Å². The number of hydrogen-bond acceptors (Lipinski definition) is 5. The molecule has 2 heterocycles. The first-order chi connectivity index (χ1) is 16.5. The first kappa shape index (κ1) is 23.9. The van der Waals surface area contributed by atoms with Gasteiger partial charge in [-0.15, -0.1) is 11.8 Å². The van der Waals surface area contributed by atoms with Crippen LogP contribution in [-0.2, 0) is 6.54 Å². The van der Waals surface area contributed by atoms with E-state index in [4.69, 9.17) is 21.6 Å². The summed E-state index contributed by atoms with van der Waals surface area (Å²) >= 11 is 8.07. The molecule has 4 rings (SSSR count). The fourth-order valence-corrected chi connectivity index (χ4v) is 4.58. The molecule has 3 aromatic rings. The van der Waals surface area contributed by atoms with E-state index >= 15 is 0 Å². The summed E-state index contributed by atoms with van der Waals surface area (Å²) in [6.45, 7) is 1.47. The van der Waals surface area contributed by atoms with Crippen LogP contribution in [0.3, 0.4) is 0 Å². The third-order valence-corrected chi connectivity index (χ3v) is 6.84. The zero-order valence-electron chi connectivity index (χ0n) is 18.7. The number of benzene rings is 2. The summed E-state index contributed by atoms with van der Waals surface area (Å²) in [6.07, 6.45) is 4.77. The van der Waals surface area contributed by atoms with Gasteiger partial charge in [0.2, 0.25) is 0 Å². The molecule has 1 saturated heterocycles. The highest BCUT2D eigenvalue weighted by Crippen LogP contribution is 2.26. The van der Waals surface area contributed by atoms with Gasteiger partial charge in [-0.2, -0.15) is 5.26 Å². The van der Waals surface area contributed by atoms with E-state index in [2.05, 4.69) is 6.07 Å².